The van der Waals surface area contributed by atoms with Gasteiger partial charge >= 0.3 is 5.97 Å². The van der Waals surface area contributed by atoms with E-state index in [1.165, 1.54) is 5.56 Å². The van der Waals surface area contributed by atoms with Crippen molar-refractivity contribution in [2.75, 3.05) is 0 Å². The Morgan fingerprint density at radius 3 is 1.62 bits per heavy atom. The first-order valence-corrected chi connectivity index (χ1v) is 9.94. The smallest absolute Gasteiger partial charge is 0.341 e. The van der Waals surface area contributed by atoms with E-state index < -0.39 is 8.15 Å². The molecule has 0 aromatic heterocycles. The highest BCUT2D eigenvalue weighted by molar-refractivity contribution is 7.69. The fraction of sp³-hybridized carbons (Fsp3) is 0.174. The Labute approximate surface area is 156 Å². The van der Waals surface area contributed by atoms with Crippen LogP contribution in [0.5, 0.6) is 0 Å². The molecule has 0 unspecified atom stereocenters. The van der Waals surface area contributed by atoms with E-state index in [4.69, 9.17) is 4.52 Å². The molecule has 3 heteroatoms. The fourth-order valence-electron chi connectivity index (χ4n) is 2.62. The molecular formula is C23H23O2P. The summed E-state index contributed by atoms with van der Waals surface area (Å²) in [6.07, 6.45) is 0. The molecule has 0 aliphatic carbocycles. The highest BCUT2D eigenvalue weighted by atomic mass is 31.1. The molecule has 0 saturated heterocycles. The molecule has 0 spiro atoms. The Balaban J connectivity index is 1.86. The standard InChI is InChI=1S/C23H23O2P/c1-23(2,3)19-16-14-18(15-17-19)22(24)25-26(20-10-6-4-7-11-20)21-12-8-5-9-13-21/h4-17H,1-3H3. The number of benzene rings is 3. The molecule has 2 nitrogen and oxygen atoms in total. The largest absolute Gasteiger partial charge is 0.431 e. The Hall–Kier alpha value is -2.44. The highest BCUT2D eigenvalue weighted by Crippen LogP contribution is 2.36. The minimum Gasteiger partial charge on any atom is -0.431 e. The van der Waals surface area contributed by atoms with Crippen molar-refractivity contribution in [2.45, 2.75) is 26.2 Å². The number of hydrogen-bond acceptors (Lipinski definition) is 2. The van der Waals surface area contributed by atoms with E-state index in [1.54, 1.807) is 0 Å². The minimum absolute atomic E-state index is 0.0587. The summed E-state index contributed by atoms with van der Waals surface area (Å²) in [6, 6.07) is 27.6. The Bertz CT molecular complexity index is 811. The van der Waals surface area contributed by atoms with Gasteiger partial charge in [-0.3, -0.25) is 0 Å². The van der Waals surface area contributed by atoms with Gasteiger partial charge in [0.2, 0.25) is 0 Å². The van der Waals surface area contributed by atoms with Crippen molar-refractivity contribution in [2.24, 2.45) is 0 Å². The van der Waals surface area contributed by atoms with Gasteiger partial charge in [0, 0.05) is 10.6 Å². The topological polar surface area (TPSA) is 26.3 Å². The lowest BCUT2D eigenvalue weighted by atomic mass is 9.87. The van der Waals surface area contributed by atoms with Crippen LogP contribution in [0.3, 0.4) is 0 Å². The normalized spacial score (nSPS) is 11.4. The van der Waals surface area contributed by atoms with Gasteiger partial charge in [0.15, 0.2) is 8.15 Å². The maximum Gasteiger partial charge on any atom is 0.341 e. The van der Waals surface area contributed by atoms with Crippen LogP contribution in [0.15, 0.2) is 84.9 Å². The third-order valence-corrected chi connectivity index (χ3v) is 6.02. The van der Waals surface area contributed by atoms with Crippen LogP contribution in [0.4, 0.5) is 0 Å². The number of rotatable bonds is 4. The first-order valence-electron chi connectivity index (χ1n) is 8.68. The summed E-state index contributed by atoms with van der Waals surface area (Å²) in [7, 11) is -1.19. The summed E-state index contributed by atoms with van der Waals surface area (Å²) < 4.78 is 5.96. The molecule has 0 amide bonds. The van der Waals surface area contributed by atoms with E-state index in [0.717, 1.165) is 10.6 Å². The van der Waals surface area contributed by atoms with Crippen LogP contribution in [0.2, 0.25) is 0 Å². The molecule has 3 rings (SSSR count). The number of carbonyl (C=O) groups excluding carboxylic acids is 1. The Kier molecular flexibility index (Phi) is 5.54. The second kappa shape index (κ2) is 7.85. The van der Waals surface area contributed by atoms with Gasteiger partial charge in [0.05, 0.1) is 5.56 Å². The van der Waals surface area contributed by atoms with Crippen LogP contribution in [0, 0.1) is 0 Å². The molecule has 0 aliphatic rings. The van der Waals surface area contributed by atoms with Crippen molar-refractivity contribution in [3.63, 3.8) is 0 Å². The quantitative estimate of drug-likeness (QED) is 0.597. The molecule has 0 radical (unpaired) electrons. The summed E-state index contributed by atoms with van der Waals surface area (Å²) in [5.41, 5.74) is 1.84. The minimum atomic E-state index is -1.19. The van der Waals surface area contributed by atoms with E-state index in [1.807, 2.05) is 84.9 Å². The van der Waals surface area contributed by atoms with Crippen LogP contribution in [0.1, 0.15) is 36.7 Å². The van der Waals surface area contributed by atoms with Gasteiger partial charge in [-0.2, -0.15) is 0 Å². The zero-order valence-corrected chi connectivity index (χ0v) is 16.2. The molecular weight excluding hydrogens is 339 g/mol. The average Bonchev–Trinajstić information content (AvgIpc) is 2.67. The van der Waals surface area contributed by atoms with Crippen molar-refractivity contribution in [1.82, 2.24) is 0 Å². The summed E-state index contributed by atoms with van der Waals surface area (Å²) in [6.45, 7) is 6.47. The van der Waals surface area contributed by atoms with E-state index in [9.17, 15) is 4.79 Å². The van der Waals surface area contributed by atoms with Crippen molar-refractivity contribution in [1.29, 1.82) is 0 Å². The summed E-state index contributed by atoms with van der Waals surface area (Å²) in [4.78, 5) is 12.8. The third kappa shape index (κ3) is 4.39. The molecule has 0 N–H and O–H groups in total. The molecule has 0 heterocycles. The van der Waals surface area contributed by atoms with Crippen LogP contribution in [0.25, 0.3) is 0 Å². The molecule has 0 bridgehead atoms. The van der Waals surface area contributed by atoms with E-state index in [-0.39, 0.29) is 11.4 Å². The number of hydrogen-bond donors (Lipinski definition) is 0. The van der Waals surface area contributed by atoms with Gasteiger partial charge in [0.25, 0.3) is 0 Å². The van der Waals surface area contributed by atoms with Gasteiger partial charge in [-0.25, -0.2) is 4.79 Å². The highest BCUT2D eigenvalue weighted by Gasteiger charge is 2.21. The monoisotopic (exact) mass is 362 g/mol. The average molecular weight is 362 g/mol. The molecule has 0 aliphatic heterocycles. The van der Waals surface area contributed by atoms with E-state index in [0.29, 0.717) is 5.56 Å². The first-order chi connectivity index (χ1) is 12.4. The Morgan fingerprint density at radius 2 is 1.19 bits per heavy atom. The summed E-state index contributed by atoms with van der Waals surface area (Å²) in [5.74, 6) is -0.288. The van der Waals surface area contributed by atoms with Crippen molar-refractivity contribution < 1.29 is 9.32 Å². The zero-order chi connectivity index (χ0) is 18.6. The molecule has 132 valence electrons. The van der Waals surface area contributed by atoms with Gasteiger partial charge in [-0.05, 0) is 23.1 Å². The van der Waals surface area contributed by atoms with Crippen molar-refractivity contribution in [3.8, 4) is 0 Å². The van der Waals surface area contributed by atoms with Gasteiger partial charge in [-0.1, -0.05) is 93.6 Å². The SMILES string of the molecule is CC(C)(C)c1ccc(C(=O)OP(c2ccccc2)c2ccccc2)cc1. The summed E-state index contributed by atoms with van der Waals surface area (Å²) in [5, 5.41) is 2.04. The number of carbonyl (C=O) groups is 1. The summed E-state index contributed by atoms with van der Waals surface area (Å²) >= 11 is 0. The van der Waals surface area contributed by atoms with Crippen LogP contribution < -0.4 is 10.6 Å². The Morgan fingerprint density at radius 1 is 0.731 bits per heavy atom. The molecule has 0 atom stereocenters. The predicted octanol–water partition coefficient (Wildman–Crippen LogP) is 5.19. The molecule has 0 saturated carbocycles. The molecule has 26 heavy (non-hydrogen) atoms. The van der Waals surface area contributed by atoms with Gasteiger partial charge in [-0.15, -0.1) is 0 Å². The van der Waals surface area contributed by atoms with Crippen LogP contribution in [-0.2, 0) is 9.94 Å². The third-order valence-electron chi connectivity index (χ3n) is 4.14. The van der Waals surface area contributed by atoms with E-state index in [2.05, 4.69) is 20.8 Å². The molecule has 3 aromatic carbocycles. The molecule has 0 fully saturated rings. The lowest BCUT2D eigenvalue weighted by Gasteiger charge is -2.20. The lowest BCUT2D eigenvalue weighted by Crippen LogP contribution is -2.17. The zero-order valence-electron chi connectivity index (χ0n) is 15.3. The van der Waals surface area contributed by atoms with Crippen molar-refractivity contribution in [3.05, 3.63) is 96.1 Å². The first kappa shape index (κ1) is 18.4. The second-order valence-electron chi connectivity index (χ2n) is 7.17. The molecule has 3 aromatic rings. The van der Waals surface area contributed by atoms with E-state index >= 15 is 0 Å². The maximum absolute atomic E-state index is 12.8. The maximum atomic E-state index is 12.8. The van der Waals surface area contributed by atoms with Gasteiger partial charge < -0.3 is 4.52 Å². The van der Waals surface area contributed by atoms with Crippen molar-refractivity contribution >= 4 is 24.7 Å². The van der Waals surface area contributed by atoms with Gasteiger partial charge in [0.1, 0.15) is 0 Å². The fourth-order valence-corrected chi connectivity index (χ4v) is 4.29. The second-order valence-corrected chi connectivity index (χ2v) is 8.98. The predicted molar refractivity (Wildman–Crippen MR) is 110 cm³/mol. The van der Waals surface area contributed by atoms with Crippen LogP contribution in [-0.4, -0.2) is 5.97 Å². The van der Waals surface area contributed by atoms with Crippen LogP contribution >= 0.6 is 8.15 Å². The lowest BCUT2D eigenvalue weighted by molar-refractivity contribution is 0.0759.